The van der Waals surface area contributed by atoms with Gasteiger partial charge >= 0.3 is 0 Å². The zero-order chi connectivity index (χ0) is 18.0. The van der Waals surface area contributed by atoms with E-state index >= 15 is 0 Å². The number of nitrogens with zero attached hydrogens (tertiary/aromatic N) is 2. The van der Waals surface area contributed by atoms with Crippen molar-refractivity contribution in [3.8, 4) is 0 Å². The molecule has 0 radical (unpaired) electrons. The zero-order valence-corrected chi connectivity index (χ0v) is 15.1. The highest BCUT2D eigenvalue weighted by Crippen LogP contribution is 2.30. The van der Waals surface area contributed by atoms with Gasteiger partial charge in [-0.2, -0.15) is 0 Å². The summed E-state index contributed by atoms with van der Waals surface area (Å²) in [5.74, 6) is 1.45. The van der Waals surface area contributed by atoms with Crippen molar-refractivity contribution in [3.05, 3.63) is 58.3 Å². The first kappa shape index (κ1) is 17.7. The molecule has 1 amide bonds. The molecule has 0 N–H and O–H groups in total. The Morgan fingerprint density at radius 1 is 1.32 bits per heavy atom. The van der Waals surface area contributed by atoms with Crippen molar-refractivity contribution in [2.45, 2.75) is 40.3 Å². The van der Waals surface area contributed by atoms with E-state index in [0.29, 0.717) is 37.5 Å². The van der Waals surface area contributed by atoms with Gasteiger partial charge in [-0.15, -0.1) is 0 Å². The Kier molecular flexibility index (Phi) is 5.23. The summed E-state index contributed by atoms with van der Waals surface area (Å²) in [6.45, 7) is 9.37. The first-order valence-electron chi connectivity index (χ1n) is 8.90. The third-order valence-corrected chi connectivity index (χ3v) is 4.86. The van der Waals surface area contributed by atoms with Gasteiger partial charge in [0.15, 0.2) is 0 Å². The largest absolute Gasteiger partial charge is 0.465 e. The number of amides is 1. The van der Waals surface area contributed by atoms with Crippen molar-refractivity contribution in [2.75, 3.05) is 19.6 Å². The van der Waals surface area contributed by atoms with Crippen LogP contribution in [0.3, 0.4) is 0 Å². The Balaban J connectivity index is 1.83. The van der Waals surface area contributed by atoms with Crippen LogP contribution in [0, 0.1) is 12.7 Å². The van der Waals surface area contributed by atoms with E-state index in [-0.39, 0.29) is 11.7 Å². The lowest BCUT2D eigenvalue weighted by Crippen LogP contribution is -2.34. The van der Waals surface area contributed by atoms with Gasteiger partial charge in [0.05, 0.1) is 5.56 Å². The highest BCUT2D eigenvalue weighted by molar-refractivity contribution is 5.97. The van der Waals surface area contributed by atoms with Crippen LogP contribution in [0.25, 0.3) is 0 Å². The smallest absolute Gasteiger partial charge is 0.257 e. The Labute approximate surface area is 148 Å². The summed E-state index contributed by atoms with van der Waals surface area (Å²) in [6, 6.07) is 6.69. The van der Waals surface area contributed by atoms with Gasteiger partial charge in [-0.3, -0.25) is 9.69 Å². The van der Waals surface area contributed by atoms with Crippen LogP contribution in [-0.2, 0) is 19.5 Å². The van der Waals surface area contributed by atoms with Crippen LogP contribution in [0.5, 0.6) is 0 Å². The molecule has 0 aliphatic carbocycles. The van der Waals surface area contributed by atoms with E-state index in [2.05, 4.69) is 4.90 Å². The molecule has 25 heavy (non-hydrogen) atoms. The molecule has 1 aliphatic rings. The van der Waals surface area contributed by atoms with Crippen molar-refractivity contribution in [1.29, 1.82) is 0 Å². The number of rotatable bonds is 5. The lowest BCUT2D eigenvalue weighted by atomic mass is 10.0. The highest BCUT2D eigenvalue weighted by Gasteiger charge is 2.29. The standard InChI is InChI=1S/C20H25FN2O2/c1-4-23(5-2)20(24)19-14(3)25-18-9-10-22(13-17(18)19)12-15-7-6-8-16(21)11-15/h6-8,11H,4-5,9-10,12-13H2,1-3H3. The van der Waals surface area contributed by atoms with Crippen molar-refractivity contribution >= 4 is 5.91 Å². The maximum Gasteiger partial charge on any atom is 0.257 e. The summed E-state index contributed by atoms with van der Waals surface area (Å²) < 4.78 is 19.3. The van der Waals surface area contributed by atoms with Gasteiger partial charge in [0.2, 0.25) is 0 Å². The molecule has 0 atom stereocenters. The van der Waals surface area contributed by atoms with Crippen LogP contribution in [0.4, 0.5) is 4.39 Å². The van der Waals surface area contributed by atoms with Gasteiger partial charge in [0, 0.05) is 44.7 Å². The highest BCUT2D eigenvalue weighted by atomic mass is 19.1. The number of fused-ring (bicyclic) bond motifs is 1. The summed E-state index contributed by atoms with van der Waals surface area (Å²) in [7, 11) is 0. The van der Waals surface area contributed by atoms with Crippen LogP contribution in [0.15, 0.2) is 28.7 Å². The van der Waals surface area contributed by atoms with Crippen molar-refractivity contribution in [3.63, 3.8) is 0 Å². The lowest BCUT2D eigenvalue weighted by molar-refractivity contribution is 0.0769. The number of benzene rings is 1. The Morgan fingerprint density at radius 2 is 2.08 bits per heavy atom. The average molecular weight is 344 g/mol. The van der Waals surface area contributed by atoms with Gasteiger partial charge in [-0.05, 0) is 38.5 Å². The molecule has 1 aromatic carbocycles. The quantitative estimate of drug-likeness (QED) is 0.828. The SMILES string of the molecule is CCN(CC)C(=O)c1c(C)oc2c1CN(Cc1cccc(F)c1)CC2. The molecule has 4 nitrogen and oxygen atoms in total. The summed E-state index contributed by atoms with van der Waals surface area (Å²) in [5, 5.41) is 0. The summed E-state index contributed by atoms with van der Waals surface area (Å²) in [6.07, 6.45) is 0.775. The number of furan rings is 1. The van der Waals surface area contributed by atoms with E-state index in [1.54, 1.807) is 12.1 Å². The fourth-order valence-corrected chi connectivity index (χ4v) is 3.56. The number of carbonyl (C=O) groups excluding carboxylic acids is 1. The van der Waals surface area contributed by atoms with Crippen molar-refractivity contribution in [2.24, 2.45) is 0 Å². The Bertz CT molecular complexity index is 765. The Morgan fingerprint density at radius 3 is 2.76 bits per heavy atom. The summed E-state index contributed by atoms with van der Waals surface area (Å²) in [5.41, 5.74) is 2.65. The normalized spacial score (nSPS) is 14.4. The number of carbonyl (C=O) groups is 1. The number of hydrogen-bond acceptors (Lipinski definition) is 3. The number of halogens is 1. The minimum atomic E-state index is -0.216. The lowest BCUT2D eigenvalue weighted by Gasteiger charge is -2.27. The molecule has 0 spiro atoms. The van der Waals surface area contributed by atoms with Crippen LogP contribution in [0.1, 0.15) is 46.9 Å². The second kappa shape index (κ2) is 7.40. The first-order chi connectivity index (χ1) is 12.0. The van der Waals surface area contributed by atoms with E-state index < -0.39 is 0 Å². The van der Waals surface area contributed by atoms with Gasteiger partial charge < -0.3 is 9.32 Å². The molecule has 134 valence electrons. The minimum absolute atomic E-state index is 0.0418. The fraction of sp³-hybridized carbons (Fsp3) is 0.450. The second-order valence-electron chi connectivity index (χ2n) is 6.50. The second-order valence-corrected chi connectivity index (χ2v) is 6.50. The van der Waals surface area contributed by atoms with Gasteiger partial charge in [-0.1, -0.05) is 12.1 Å². The van der Waals surface area contributed by atoms with Crippen LogP contribution < -0.4 is 0 Å². The fourth-order valence-electron chi connectivity index (χ4n) is 3.56. The van der Waals surface area contributed by atoms with Crippen molar-refractivity contribution < 1.29 is 13.6 Å². The molecule has 0 fully saturated rings. The maximum absolute atomic E-state index is 13.4. The van der Waals surface area contributed by atoms with E-state index in [0.717, 1.165) is 29.9 Å². The Hall–Kier alpha value is -2.14. The molecule has 0 unspecified atom stereocenters. The van der Waals surface area contributed by atoms with E-state index in [9.17, 15) is 9.18 Å². The summed E-state index contributed by atoms with van der Waals surface area (Å²) in [4.78, 5) is 16.9. The van der Waals surface area contributed by atoms with Gasteiger partial charge in [-0.25, -0.2) is 4.39 Å². The first-order valence-corrected chi connectivity index (χ1v) is 8.90. The zero-order valence-electron chi connectivity index (χ0n) is 15.1. The number of aryl methyl sites for hydroxylation is 1. The van der Waals surface area contributed by atoms with Gasteiger partial charge in [0.1, 0.15) is 17.3 Å². The van der Waals surface area contributed by atoms with Crippen LogP contribution in [0.2, 0.25) is 0 Å². The van der Waals surface area contributed by atoms with E-state index in [1.165, 1.54) is 6.07 Å². The molecule has 1 aliphatic heterocycles. The summed E-state index contributed by atoms with van der Waals surface area (Å²) >= 11 is 0. The average Bonchev–Trinajstić information content (AvgIpc) is 2.91. The molecular weight excluding hydrogens is 319 g/mol. The molecule has 2 aromatic rings. The van der Waals surface area contributed by atoms with Gasteiger partial charge in [0.25, 0.3) is 5.91 Å². The number of hydrogen-bond donors (Lipinski definition) is 0. The van der Waals surface area contributed by atoms with Crippen molar-refractivity contribution in [1.82, 2.24) is 9.80 Å². The molecule has 0 saturated carbocycles. The third-order valence-electron chi connectivity index (χ3n) is 4.86. The molecule has 3 rings (SSSR count). The van der Waals surface area contributed by atoms with Crippen LogP contribution >= 0.6 is 0 Å². The van der Waals surface area contributed by atoms with E-state index in [1.807, 2.05) is 31.7 Å². The third kappa shape index (κ3) is 3.61. The molecule has 1 aromatic heterocycles. The molecule has 0 saturated heterocycles. The minimum Gasteiger partial charge on any atom is -0.465 e. The predicted molar refractivity (Wildman–Crippen MR) is 94.9 cm³/mol. The predicted octanol–water partition coefficient (Wildman–Crippen LogP) is 3.77. The van der Waals surface area contributed by atoms with Crippen LogP contribution in [-0.4, -0.2) is 35.3 Å². The molecule has 0 bridgehead atoms. The topological polar surface area (TPSA) is 36.7 Å². The molecule has 5 heteroatoms. The molecular formula is C20H25FN2O2. The maximum atomic E-state index is 13.4. The monoisotopic (exact) mass is 344 g/mol. The van der Waals surface area contributed by atoms with E-state index in [4.69, 9.17) is 4.42 Å². The molecule has 2 heterocycles.